The Hall–Kier alpha value is -3.60. The summed E-state index contributed by atoms with van der Waals surface area (Å²) in [6, 6.07) is 20.4. The van der Waals surface area contributed by atoms with Crippen LogP contribution in [0.2, 0.25) is 0 Å². The van der Waals surface area contributed by atoms with Crippen molar-refractivity contribution in [2.75, 3.05) is 0 Å². The summed E-state index contributed by atoms with van der Waals surface area (Å²) in [7, 11) is 0. The maximum absolute atomic E-state index is 13.3. The molecule has 0 saturated heterocycles. The molecule has 0 spiro atoms. The third-order valence-electron chi connectivity index (χ3n) is 4.93. The zero-order chi connectivity index (χ0) is 22.2. The Morgan fingerprint density at radius 1 is 0.968 bits per heavy atom. The van der Waals surface area contributed by atoms with Gasteiger partial charge in [-0.1, -0.05) is 62.4 Å². The molecule has 2 N–H and O–H groups in total. The number of hydrogen-bond donors (Lipinski definition) is 2. The van der Waals surface area contributed by atoms with Crippen molar-refractivity contribution >= 4 is 17.9 Å². The van der Waals surface area contributed by atoms with Crippen LogP contribution in [0, 0.1) is 12.8 Å². The van der Waals surface area contributed by atoms with E-state index < -0.39 is 0 Å². The standard InChI is InChI=1S/C26H28N2O3/c1-18(2)16-23(20-11-5-4-6-12-20)27-26(30)24(17-21-13-9-15-31-21)28-25(29)22-14-8-7-10-19(22)3/h4-15,17-18,23H,16H2,1-3H3,(H,27,30)(H,28,29)/b24-17-/t23-/m0/s1. The van der Waals surface area contributed by atoms with E-state index in [9.17, 15) is 9.59 Å². The first-order valence-corrected chi connectivity index (χ1v) is 10.4. The monoisotopic (exact) mass is 416 g/mol. The van der Waals surface area contributed by atoms with Crippen molar-refractivity contribution in [1.82, 2.24) is 10.6 Å². The van der Waals surface area contributed by atoms with E-state index in [0.717, 1.165) is 17.5 Å². The molecule has 0 radical (unpaired) electrons. The van der Waals surface area contributed by atoms with Crippen LogP contribution in [0.25, 0.3) is 6.08 Å². The van der Waals surface area contributed by atoms with Crippen molar-refractivity contribution in [3.8, 4) is 0 Å². The van der Waals surface area contributed by atoms with Crippen LogP contribution in [0.15, 0.2) is 83.1 Å². The highest BCUT2D eigenvalue weighted by atomic mass is 16.3. The molecule has 1 aromatic heterocycles. The van der Waals surface area contributed by atoms with Gasteiger partial charge in [0.2, 0.25) is 0 Å². The molecule has 0 saturated carbocycles. The van der Waals surface area contributed by atoms with Crippen LogP contribution < -0.4 is 10.6 Å². The van der Waals surface area contributed by atoms with Crippen molar-refractivity contribution < 1.29 is 14.0 Å². The van der Waals surface area contributed by atoms with Crippen LogP contribution in [-0.4, -0.2) is 11.8 Å². The van der Waals surface area contributed by atoms with Crippen molar-refractivity contribution in [2.24, 2.45) is 5.92 Å². The molecule has 3 rings (SSSR count). The fourth-order valence-corrected chi connectivity index (χ4v) is 3.36. The van der Waals surface area contributed by atoms with E-state index in [1.807, 2.05) is 49.4 Å². The van der Waals surface area contributed by atoms with Gasteiger partial charge in [0, 0.05) is 11.6 Å². The fraction of sp³-hybridized carbons (Fsp3) is 0.231. The highest BCUT2D eigenvalue weighted by molar-refractivity contribution is 6.05. The molecule has 31 heavy (non-hydrogen) atoms. The number of rotatable bonds is 8. The molecule has 0 fully saturated rings. The van der Waals surface area contributed by atoms with Crippen LogP contribution in [0.3, 0.4) is 0 Å². The molecule has 0 bridgehead atoms. The lowest BCUT2D eigenvalue weighted by molar-refractivity contribution is -0.118. The Morgan fingerprint density at radius 2 is 1.68 bits per heavy atom. The summed E-state index contributed by atoms with van der Waals surface area (Å²) >= 11 is 0. The van der Waals surface area contributed by atoms with Crippen LogP contribution in [0.5, 0.6) is 0 Å². The molecule has 0 aliphatic carbocycles. The molecule has 2 amide bonds. The summed E-state index contributed by atoms with van der Waals surface area (Å²) in [5.74, 6) is 0.152. The zero-order valence-electron chi connectivity index (χ0n) is 18.1. The summed E-state index contributed by atoms with van der Waals surface area (Å²) in [6.45, 7) is 6.09. The molecule has 2 aromatic carbocycles. The number of amides is 2. The molecule has 160 valence electrons. The number of carbonyl (C=O) groups excluding carboxylic acids is 2. The van der Waals surface area contributed by atoms with Gasteiger partial charge in [-0.05, 0) is 48.6 Å². The summed E-state index contributed by atoms with van der Waals surface area (Å²) in [5, 5.41) is 5.86. The Bertz CT molecular complexity index is 1040. The highest BCUT2D eigenvalue weighted by Gasteiger charge is 2.21. The van der Waals surface area contributed by atoms with E-state index >= 15 is 0 Å². The Morgan fingerprint density at radius 3 is 2.32 bits per heavy atom. The average molecular weight is 417 g/mol. The number of benzene rings is 2. The molecule has 1 atom stereocenters. The van der Waals surface area contributed by atoms with Crippen LogP contribution in [0.4, 0.5) is 0 Å². The smallest absolute Gasteiger partial charge is 0.268 e. The number of aryl methyl sites for hydroxylation is 1. The van der Waals surface area contributed by atoms with Crippen LogP contribution >= 0.6 is 0 Å². The van der Waals surface area contributed by atoms with Gasteiger partial charge >= 0.3 is 0 Å². The molecule has 0 unspecified atom stereocenters. The average Bonchev–Trinajstić information content (AvgIpc) is 3.26. The second kappa shape index (κ2) is 10.4. The number of furan rings is 1. The second-order valence-corrected chi connectivity index (χ2v) is 7.91. The summed E-state index contributed by atoms with van der Waals surface area (Å²) < 4.78 is 5.37. The van der Waals surface area contributed by atoms with E-state index in [0.29, 0.717) is 17.2 Å². The number of carbonyl (C=O) groups is 2. The van der Waals surface area contributed by atoms with Gasteiger partial charge in [0.15, 0.2) is 0 Å². The van der Waals surface area contributed by atoms with Gasteiger partial charge in [-0.15, -0.1) is 0 Å². The van der Waals surface area contributed by atoms with Gasteiger partial charge in [-0.3, -0.25) is 9.59 Å². The fourth-order valence-electron chi connectivity index (χ4n) is 3.36. The predicted octanol–water partition coefficient (Wildman–Crippen LogP) is 5.26. The van der Waals surface area contributed by atoms with E-state index in [1.54, 1.807) is 30.3 Å². The lowest BCUT2D eigenvalue weighted by atomic mass is 9.97. The SMILES string of the molecule is Cc1ccccc1C(=O)N/C(=C\c1ccco1)C(=O)N[C@@H](CC(C)C)c1ccccc1. The van der Waals surface area contributed by atoms with Crippen molar-refractivity contribution in [1.29, 1.82) is 0 Å². The third-order valence-corrected chi connectivity index (χ3v) is 4.93. The summed E-state index contributed by atoms with van der Waals surface area (Å²) in [4.78, 5) is 26.1. The molecule has 5 heteroatoms. The van der Waals surface area contributed by atoms with E-state index in [4.69, 9.17) is 4.42 Å². The minimum absolute atomic E-state index is 0.132. The Labute approximate surface area is 183 Å². The first-order valence-electron chi connectivity index (χ1n) is 10.4. The minimum atomic E-state index is -0.368. The number of nitrogens with one attached hydrogen (secondary N) is 2. The lowest BCUT2D eigenvalue weighted by Gasteiger charge is -2.22. The summed E-state index contributed by atoms with van der Waals surface area (Å²) in [6.07, 6.45) is 3.84. The zero-order valence-corrected chi connectivity index (χ0v) is 18.1. The molecular weight excluding hydrogens is 388 g/mol. The third kappa shape index (κ3) is 6.19. The Kier molecular flexibility index (Phi) is 7.44. The Balaban J connectivity index is 1.87. The van der Waals surface area contributed by atoms with E-state index in [1.165, 1.54) is 6.26 Å². The molecule has 3 aromatic rings. The maximum Gasteiger partial charge on any atom is 0.268 e. The van der Waals surface area contributed by atoms with Crippen molar-refractivity contribution in [3.63, 3.8) is 0 Å². The van der Waals surface area contributed by atoms with Gasteiger partial charge in [-0.25, -0.2) is 0 Å². The predicted molar refractivity (Wildman–Crippen MR) is 122 cm³/mol. The molecule has 0 aliphatic heterocycles. The largest absolute Gasteiger partial charge is 0.465 e. The molecule has 0 aliphatic rings. The van der Waals surface area contributed by atoms with E-state index in [-0.39, 0.29) is 23.6 Å². The van der Waals surface area contributed by atoms with Crippen LogP contribution in [-0.2, 0) is 4.79 Å². The first-order chi connectivity index (χ1) is 14.9. The molecular formula is C26H28N2O3. The first kappa shape index (κ1) is 22.1. The quantitative estimate of drug-likeness (QED) is 0.492. The van der Waals surface area contributed by atoms with Gasteiger partial charge < -0.3 is 15.1 Å². The van der Waals surface area contributed by atoms with Crippen molar-refractivity contribution in [3.05, 3.63) is 101 Å². The maximum atomic E-state index is 13.3. The lowest BCUT2D eigenvalue weighted by Crippen LogP contribution is -2.37. The highest BCUT2D eigenvalue weighted by Crippen LogP contribution is 2.22. The molecule has 1 heterocycles. The molecule has 5 nitrogen and oxygen atoms in total. The van der Waals surface area contributed by atoms with Gasteiger partial charge in [0.05, 0.1) is 12.3 Å². The van der Waals surface area contributed by atoms with Crippen LogP contribution in [0.1, 0.15) is 53.6 Å². The van der Waals surface area contributed by atoms with Crippen molar-refractivity contribution in [2.45, 2.75) is 33.2 Å². The minimum Gasteiger partial charge on any atom is -0.465 e. The van der Waals surface area contributed by atoms with Gasteiger partial charge in [0.1, 0.15) is 11.5 Å². The van der Waals surface area contributed by atoms with Gasteiger partial charge in [0.25, 0.3) is 11.8 Å². The van der Waals surface area contributed by atoms with E-state index in [2.05, 4.69) is 24.5 Å². The second-order valence-electron chi connectivity index (χ2n) is 7.91. The topological polar surface area (TPSA) is 71.3 Å². The summed E-state index contributed by atoms with van der Waals surface area (Å²) in [5.41, 5.74) is 2.50. The van der Waals surface area contributed by atoms with Gasteiger partial charge in [-0.2, -0.15) is 0 Å². The normalized spacial score (nSPS) is 12.5. The number of hydrogen-bond acceptors (Lipinski definition) is 3.